The van der Waals surface area contributed by atoms with E-state index in [4.69, 9.17) is 0 Å². The van der Waals surface area contributed by atoms with E-state index in [1.807, 2.05) is 0 Å². The average Bonchev–Trinajstić information content (AvgIpc) is 2.38. The SMILES string of the molecule is C[C@@H]1CCC[C@@H](C)N1/N=C\c1ccccc1[N+](=O)[O-]. The van der Waals surface area contributed by atoms with Gasteiger partial charge in [0.2, 0.25) is 0 Å². The zero-order valence-electron chi connectivity index (χ0n) is 11.3. The first-order chi connectivity index (χ1) is 9.09. The Labute approximate surface area is 113 Å². The van der Waals surface area contributed by atoms with Gasteiger partial charge in [0, 0.05) is 18.2 Å². The van der Waals surface area contributed by atoms with Crippen molar-refractivity contribution in [2.24, 2.45) is 5.10 Å². The number of benzene rings is 1. The van der Waals surface area contributed by atoms with Crippen molar-refractivity contribution in [3.05, 3.63) is 39.9 Å². The van der Waals surface area contributed by atoms with E-state index in [1.54, 1.807) is 24.4 Å². The van der Waals surface area contributed by atoms with E-state index < -0.39 is 0 Å². The van der Waals surface area contributed by atoms with Crippen molar-refractivity contribution in [3.63, 3.8) is 0 Å². The molecule has 1 heterocycles. The summed E-state index contributed by atoms with van der Waals surface area (Å²) in [4.78, 5) is 10.6. The highest BCUT2D eigenvalue weighted by Crippen LogP contribution is 2.23. The van der Waals surface area contributed by atoms with Crippen molar-refractivity contribution in [3.8, 4) is 0 Å². The zero-order valence-corrected chi connectivity index (χ0v) is 11.3. The second-order valence-corrected chi connectivity index (χ2v) is 5.07. The molecule has 2 rings (SSSR count). The summed E-state index contributed by atoms with van der Waals surface area (Å²) in [5.41, 5.74) is 0.654. The molecule has 2 atom stereocenters. The number of nitro benzene ring substituents is 1. The molecule has 19 heavy (non-hydrogen) atoms. The third-order valence-electron chi connectivity index (χ3n) is 3.61. The first-order valence-corrected chi connectivity index (χ1v) is 6.65. The average molecular weight is 261 g/mol. The quantitative estimate of drug-likeness (QED) is 0.477. The van der Waals surface area contributed by atoms with E-state index in [0.717, 1.165) is 12.8 Å². The minimum atomic E-state index is -0.371. The van der Waals surface area contributed by atoms with Gasteiger partial charge in [-0.2, -0.15) is 5.10 Å². The Kier molecular flexibility index (Phi) is 4.14. The van der Waals surface area contributed by atoms with Gasteiger partial charge >= 0.3 is 0 Å². The number of piperidine rings is 1. The number of nitrogens with zero attached hydrogens (tertiary/aromatic N) is 3. The summed E-state index contributed by atoms with van der Waals surface area (Å²) >= 11 is 0. The molecular formula is C14H19N3O2. The van der Waals surface area contributed by atoms with Crippen LogP contribution in [0.1, 0.15) is 38.7 Å². The Morgan fingerprint density at radius 1 is 1.32 bits per heavy atom. The summed E-state index contributed by atoms with van der Waals surface area (Å²) in [5, 5.41) is 17.4. The van der Waals surface area contributed by atoms with Crippen LogP contribution < -0.4 is 0 Å². The van der Waals surface area contributed by atoms with E-state index >= 15 is 0 Å². The molecule has 0 bridgehead atoms. The first-order valence-electron chi connectivity index (χ1n) is 6.65. The summed E-state index contributed by atoms with van der Waals surface area (Å²) < 4.78 is 0. The van der Waals surface area contributed by atoms with Gasteiger partial charge in [0.15, 0.2) is 0 Å². The molecule has 1 saturated heterocycles. The fourth-order valence-corrected chi connectivity index (χ4v) is 2.53. The van der Waals surface area contributed by atoms with E-state index in [-0.39, 0.29) is 10.6 Å². The minimum Gasteiger partial charge on any atom is -0.292 e. The van der Waals surface area contributed by atoms with Crippen molar-refractivity contribution in [2.75, 3.05) is 0 Å². The molecule has 0 aliphatic carbocycles. The maximum atomic E-state index is 10.9. The minimum absolute atomic E-state index is 0.101. The van der Waals surface area contributed by atoms with Crippen molar-refractivity contribution >= 4 is 11.9 Å². The van der Waals surface area contributed by atoms with E-state index in [0.29, 0.717) is 17.6 Å². The maximum absolute atomic E-state index is 10.9. The van der Waals surface area contributed by atoms with Gasteiger partial charge in [-0.3, -0.25) is 15.1 Å². The van der Waals surface area contributed by atoms with Gasteiger partial charge in [-0.05, 0) is 39.2 Å². The molecule has 5 heteroatoms. The largest absolute Gasteiger partial charge is 0.292 e. The lowest BCUT2D eigenvalue weighted by Gasteiger charge is -2.36. The Balaban J connectivity index is 2.20. The third kappa shape index (κ3) is 3.10. The molecule has 0 spiro atoms. The number of hydrogen-bond acceptors (Lipinski definition) is 4. The Morgan fingerprint density at radius 3 is 2.58 bits per heavy atom. The highest BCUT2D eigenvalue weighted by molar-refractivity contribution is 5.85. The molecule has 0 amide bonds. The summed E-state index contributed by atoms with van der Waals surface area (Å²) in [6.07, 6.45) is 5.08. The number of nitro groups is 1. The summed E-state index contributed by atoms with van der Waals surface area (Å²) in [6, 6.07) is 7.47. The first kappa shape index (κ1) is 13.5. The highest BCUT2D eigenvalue weighted by atomic mass is 16.6. The molecule has 5 nitrogen and oxygen atoms in total. The molecule has 1 aromatic carbocycles. The van der Waals surface area contributed by atoms with Gasteiger partial charge in [0.25, 0.3) is 5.69 Å². The fourth-order valence-electron chi connectivity index (χ4n) is 2.53. The van der Waals surface area contributed by atoms with Crippen LogP contribution in [-0.2, 0) is 0 Å². The summed E-state index contributed by atoms with van der Waals surface area (Å²) in [6.45, 7) is 4.29. The van der Waals surface area contributed by atoms with Gasteiger partial charge in [-0.15, -0.1) is 0 Å². The van der Waals surface area contributed by atoms with Crippen LogP contribution in [0.15, 0.2) is 29.4 Å². The number of para-hydroxylation sites is 1. The molecule has 0 saturated carbocycles. The highest BCUT2D eigenvalue weighted by Gasteiger charge is 2.23. The van der Waals surface area contributed by atoms with Crippen molar-refractivity contribution in [1.29, 1.82) is 0 Å². The fraction of sp³-hybridized carbons (Fsp3) is 0.500. The van der Waals surface area contributed by atoms with Crippen molar-refractivity contribution in [1.82, 2.24) is 5.01 Å². The zero-order chi connectivity index (χ0) is 13.8. The normalized spacial score (nSPS) is 23.8. The maximum Gasteiger partial charge on any atom is 0.278 e. The van der Waals surface area contributed by atoms with Gasteiger partial charge < -0.3 is 0 Å². The Hall–Kier alpha value is -1.91. The molecule has 0 radical (unpaired) electrons. The molecule has 1 aliphatic rings. The third-order valence-corrected chi connectivity index (χ3v) is 3.61. The van der Waals surface area contributed by atoms with Crippen LogP contribution in [0, 0.1) is 10.1 Å². The van der Waals surface area contributed by atoms with E-state index in [2.05, 4.69) is 24.0 Å². The predicted molar refractivity (Wildman–Crippen MR) is 75.3 cm³/mol. The van der Waals surface area contributed by atoms with Gasteiger partial charge in [0.05, 0.1) is 16.7 Å². The van der Waals surface area contributed by atoms with Crippen LogP contribution in [-0.4, -0.2) is 28.2 Å². The summed E-state index contributed by atoms with van der Waals surface area (Å²) in [5.74, 6) is 0. The van der Waals surface area contributed by atoms with Crippen LogP contribution in [0.5, 0.6) is 0 Å². The van der Waals surface area contributed by atoms with E-state index in [1.165, 1.54) is 12.5 Å². The van der Waals surface area contributed by atoms with Crippen LogP contribution in [0.3, 0.4) is 0 Å². The molecule has 1 aromatic rings. The van der Waals surface area contributed by atoms with Gasteiger partial charge in [-0.1, -0.05) is 12.1 Å². The lowest BCUT2D eigenvalue weighted by Crippen LogP contribution is -2.39. The molecule has 0 aromatic heterocycles. The monoisotopic (exact) mass is 261 g/mol. The van der Waals surface area contributed by atoms with E-state index in [9.17, 15) is 10.1 Å². The standard InChI is InChI=1S/C14H19N3O2/c1-11-6-5-7-12(2)16(11)15-10-13-8-3-4-9-14(13)17(18)19/h3-4,8-12H,5-7H2,1-2H3/b15-10-/t11-,12-/m1/s1. The summed E-state index contributed by atoms with van der Waals surface area (Å²) in [7, 11) is 0. The molecule has 0 unspecified atom stereocenters. The lowest BCUT2D eigenvalue weighted by atomic mass is 10.00. The Morgan fingerprint density at radius 2 is 1.95 bits per heavy atom. The lowest BCUT2D eigenvalue weighted by molar-refractivity contribution is -0.385. The van der Waals surface area contributed by atoms with Crippen LogP contribution >= 0.6 is 0 Å². The van der Waals surface area contributed by atoms with Gasteiger partial charge in [-0.25, -0.2) is 0 Å². The topological polar surface area (TPSA) is 58.7 Å². The molecular weight excluding hydrogens is 242 g/mol. The van der Waals surface area contributed by atoms with Gasteiger partial charge in [0.1, 0.15) is 0 Å². The second kappa shape index (κ2) is 5.82. The van der Waals surface area contributed by atoms with Crippen molar-refractivity contribution in [2.45, 2.75) is 45.2 Å². The molecule has 102 valence electrons. The number of hydrazone groups is 1. The Bertz CT molecular complexity index is 477. The van der Waals surface area contributed by atoms with Crippen LogP contribution in [0.2, 0.25) is 0 Å². The predicted octanol–water partition coefficient (Wildman–Crippen LogP) is 3.19. The second-order valence-electron chi connectivity index (χ2n) is 5.07. The smallest absolute Gasteiger partial charge is 0.278 e. The molecule has 0 N–H and O–H groups in total. The van der Waals surface area contributed by atoms with Crippen molar-refractivity contribution < 1.29 is 4.92 Å². The number of hydrogen-bond donors (Lipinski definition) is 0. The van der Waals surface area contributed by atoms with Crippen LogP contribution in [0.25, 0.3) is 0 Å². The molecule has 1 fully saturated rings. The molecule has 1 aliphatic heterocycles. The number of rotatable bonds is 3. The van der Waals surface area contributed by atoms with Crippen LogP contribution in [0.4, 0.5) is 5.69 Å².